The highest BCUT2D eigenvalue weighted by atomic mass is 16.5. The Labute approximate surface area is 94.2 Å². The van der Waals surface area contributed by atoms with Crippen LogP contribution in [0.3, 0.4) is 0 Å². The third kappa shape index (κ3) is 1.99. The van der Waals surface area contributed by atoms with Gasteiger partial charge in [-0.1, -0.05) is 0 Å². The zero-order valence-electron chi connectivity index (χ0n) is 9.22. The molecule has 1 aromatic rings. The third-order valence-corrected chi connectivity index (χ3v) is 2.71. The van der Waals surface area contributed by atoms with E-state index in [4.69, 9.17) is 10.5 Å². The minimum absolute atomic E-state index is 0.0681. The van der Waals surface area contributed by atoms with E-state index >= 15 is 0 Å². The fraction of sp³-hybridized carbons (Fsp3) is 0.455. The lowest BCUT2D eigenvalue weighted by Gasteiger charge is -2.33. The van der Waals surface area contributed by atoms with E-state index < -0.39 is 0 Å². The minimum atomic E-state index is -0.0681. The van der Waals surface area contributed by atoms with Crippen molar-refractivity contribution < 1.29 is 9.53 Å². The molecule has 86 valence electrons. The number of nitrogens with zero attached hydrogens (tertiary/aromatic N) is 2. The van der Waals surface area contributed by atoms with Gasteiger partial charge in [0.1, 0.15) is 0 Å². The highest BCUT2D eigenvalue weighted by molar-refractivity contribution is 5.98. The van der Waals surface area contributed by atoms with Gasteiger partial charge in [0, 0.05) is 24.6 Å². The maximum Gasteiger partial charge on any atom is 0.257 e. The van der Waals surface area contributed by atoms with E-state index in [1.807, 2.05) is 6.92 Å². The molecule has 1 aliphatic heterocycles. The second-order valence-corrected chi connectivity index (χ2v) is 3.89. The summed E-state index contributed by atoms with van der Waals surface area (Å²) in [4.78, 5) is 17.9. The predicted octanol–water partition coefficient (Wildman–Crippen LogP) is 0.525. The van der Waals surface area contributed by atoms with Crippen LogP contribution < -0.4 is 5.73 Å². The van der Waals surface area contributed by atoms with Gasteiger partial charge in [-0.05, 0) is 13.0 Å². The second kappa shape index (κ2) is 4.49. The van der Waals surface area contributed by atoms with E-state index in [0.29, 0.717) is 31.0 Å². The van der Waals surface area contributed by atoms with Gasteiger partial charge in [0.15, 0.2) is 0 Å². The number of hydrogen-bond donors (Lipinski definition) is 1. The van der Waals surface area contributed by atoms with Crippen molar-refractivity contribution in [3.63, 3.8) is 0 Å². The summed E-state index contributed by atoms with van der Waals surface area (Å²) in [6.07, 6.45) is 3.09. The van der Waals surface area contributed by atoms with Gasteiger partial charge in [0.05, 0.1) is 24.8 Å². The van der Waals surface area contributed by atoms with Gasteiger partial charge in [-0.15, -0.1) is 0 Å². The van der Waals surface area contributed by atoms with Crippen molar-refractivity contribution in [2.45, 2.75) is 13.0 Å². The maximum absolute atomic E-state index is 12.2. The van der Waals surface area contributed by atoms with Crippen molar-refractivity contribution in [2.24, 2.45) is 0 Å². The number of morpholine rings is 1. The second-order valence-electron chi connectivity index (χ2n) is 3.89. The van der Waals surface area contributed by atoms with Crippen LogP contribution in [0.15, 0.2) is 18.5 Å². The number of anilines is 1. The van der Waals surface area contributed by atoms with E-state index in [-0.39, 0.29) is 11.9 Å². The SMILES string of the molecule is CC1COCCN1C(=O)c1cnccc1N. The Morgan fingerprint density at radius 2 is 2.50 bits per heavy atom. The molecule has 1 unspecified atom stereocenters. The number of carbonyl (C=O) groups is 1. The summed E-state index contributed by atoms with van der Waals surface area (Å²) in [5, 5.41) is 0. The van der Waals surface area contributed by atoms with Crippen molar-refractivity contribution >= 4 is 11.6 Å². The van der Waals surface area contributed by atoms with Gasteiger partial charge >= 0.3 is 0 Å². The van der Waals surface area contributed by atoms with Gasteiger partial charge in [-0.25, -0.2) is 0 Å². The first-order chi connectivity index (χ1) is 7.70. The van der Waals surface area contributed by atoms with Crippen LogP contribution in [0.2, 0.25) is 0 Å². The van der Waals surface area contributed by atoms with Gasteiger partial charge < -0.3 is 15.4 Å². The molecule has 0 aromatic carbocycles. The van der Waals surface area contributed by atoms with Crippen LogP contribution >= 0.6 is 0 Å². The average molecular weight is 221 g/mol. The molecule has 1 aliphatic rings. The third-order valence-electron chi connectivity index (χ3n) is 2.71. The molecule has 1 fully saturated rings. The molecule has 2 rings (SSSR count). The van der Waals surface area contributed by atoms with Crippen LogP contribution in [-0.2, 0) is 4.74 Å². The Kier molecular flexibility index (Phi) is 3.05. The zero-order chi connectivity index (χ0) is 11.5. The molecule has 0 saturated carbocycles. The van der Waals surface area contributed by atoms with Gasteiger partial charge in [0.2, 0.25) is 0 Å². The van der Waals surface area contributed by atoms with E-state index in [0.717, 1.165) is 0 Å². The Morgan fingerprint density at radius 1 is 1.69 bits per heavy atom. The molecule has 16 heavy (non-hydrogen) atoms. The van der Waals surface area contributed by atoms with Crippen LogP contribution in [-0.4, -0.2) is 41.6 Å². The van der Waals surface area contributed by atoms with E-state index in [2.05, 4.69) is 4.98 Å². The number of nitrogens with two attached hydrogens (primary N) is 1. The number of amides is 1. The number of carbonyl (C=O) groups excluding carboxylic acids is 1. The Morgan fingerprint density at radius 3 is 3.19 bits per heavy atom. The zero-order valence-corrected chi connectivity index (χ0v) is 9.22. The molecule has 0 spiro atoms. The molecule has 0 aliphatic carbocycles. The Hall–Kier alpha value is -1.62. The topological polar surface area (TPSA) is 68.5 Å². The lowest BCUT2D eigenvalue weighted by molar-refractivity contribution is 0.00363. The molecule has 2 heterocycles. The molecular weight excluding hydrogens is 206 g/mol. The van der Waals surface area contributed by atoms with Gasteiger partial charge in [-0.3, -0.25) is 9.78 Å². The molecule has 5 heteroatoms. The normalized spacial score (nSPS) is 20.8. The van der Waals surface area contributed by atoms with Crippen LogP contribution in [0.4, 0.5) is 5.69 Å². The molecule has 0 radical (unpaired) electrons. The summed E-state index contributed by atoms with van der Waals surface area (Å²) in [6, 6.07) is 1.72. The van der Waals surface area contributed by atoms with Crippen LogP contribution in [0, 0.1) is 0 Å². The summed E-state index contributed by atoms with van der Waals surface area (Å²) >= 11 is 0. The lowest BCUT2D eigenvalue weighted by atomic mass is 10.1. The van der Waals surface area contributed by atoms with Crippen molar-refractivity contribution in [2.75, 3.05) is 25.5 Å². The van der Waals surface area contributed by atoms with E-state index in [1.54, 1.807) is 17.2 Å². The summed E-state index contributed by atoms with van der Waals surface area (Å²) < 4.78 is 5.29. The first kappa shape index (κ1) is 10.9. The standard InChI is InChI=1S/C11H15N3O2/c1-8-7-16-5-4-14(8)11(15)9-6-13-3-2-10(9)12/h2-3,6,8H,4-5,7H2,1H3,(H2,12,13). The largest absolute Gasteiger partial charge is 0.398 e. The molecule has 2 N–H and O–H groups in total. The van der Waals surface area contributed by atoms with Crippen molar-refractivity contribution in [1.29, 1.82) is 0 Å². The number of pyridine rings is 1. The average Bonchev–Trinajstić information content (AvgIpc) is 2.29. The highest BCUT2D eigenvalue weighted by Gasteiger charge is 2.25. The number of ether oxygens (including phenoxy) is 1. The summed E-state index contributed by atoms with van der Waals surface area (Å²) in [5.74, 6) is -0.0681. The van der Waals surface area contributed by atoms with Crippen molar-refractivity contribution in [3.8, 4) is 0 Å². The molecule has 1 amide bonds. The smallest absolute Gasteiger partial charge is 0.257 e. The minimum Gasteiger partial charge on any atom is -0.398 e. The number of nitrogen functional groups attached to an aromatic ring is 1. The summed E-state index contributed by atoms with van der Waals surface area (Å²) in [5.41, 5.74) is 6.69. The number of aromatic nitrogens is 1. The summed E-state index contributed by atoms with van der Waals surface area (Å²) in [7, 11) is 0. The molecule has 1 aromatic heterocycles. The van der Waals surface area contributed by atoms with E-state index in [9.17, 15) is 4.79 Å². The Balaban J connectivity index is 2.21. The number of rotatable bonds is 1. The molecule has 1 atom stereocenters. The molecule has 0 bridgehead atoms. The van der Waals surface area contributed by atoms with Crippen LogP contribution in [0.1, 0.15) is 17.3 Å². The quantitative estimate of drug-likeness (QED) is 0.750. The fourth-order valence-corrected chi connectivity index (χ4v) is 1.77. The van der Waals surface area contributed by atoms with Crippen LogP contribution in [0.5, 0.6) is 0 Å². The first-order valence-electron chi connectivity index (χ1n) is 5.28. The van der Waals surface area contributed by atoms with E-state index in [1.165, 1.54) is 6.20 Å². The Bertz CT molecular complexity index is 395. The molecule has 1 saturated heterocycles. The van der Waals surface area contributed by atoms with Gasteiger partial charge in [-0.2, -0.15) is 0 Å². The summed E-state index contributed by atoms with van der Waals surface area (Å²) in [6.45, 7) is 3.72. The predicted molar refractivity (Wildman–Crippen MR) is 60.0 cm³/mol. The molecule has 5 nitrogen and oxygen atoms in total. The highest BCUT2D eigenvalue weighted by Crippen LogP contribution is 2.15. The lowest BCUT2D eigenvalue weighted by Crippen LogP contribution is -2.47. The first-order valence-corrected chi connectivity index (χ1v) is 5.28. The van der Waals surface area contributed by atoms with Crippen LogP contribution in [0.25, 0.3) is 0 Å². The number of hydrogen-bond acceptors (Lipinski definition) is 4. The van der Waals surface area contributed by atoms with Crippen molar-refractivity contribution in [3.05, 3.63) is 24.0 Å². The van der Waals surface area contributed by atoms with Crippen molar-refractivity contribution in [1.82, 2.24) is 9.88 Å². The fourth-order valence-electron chi connectivity index (χ4n) is 1.77. The molecular formula is C11H15N3O2. The maximum atomic E-state index is 12.2. The monoisotopic (exact) mass is 221 g/mol. The van der Waals surface area contributed by atoms with Gasteiger partial charge in [0.25, 0.3) is 5.91 Å².